The Morgan fingerprint density at radius 2 is 1.92 bits per heavy atom. The van der Waals surface area contributed by atoms with Crippen molar-refractivity contribution in [2.75, 3.05) is 0 Å². The van der Waals surface area contributed by atoms with E-state index in [1.807, 2.05) is 0 Å². The van der Waals surface area contributed by atoms with E-state index < -0.39 is 0 Å². The molecule has 0 aliphatic rings. The van der Waals surface area contributed by atoms with E-state index in [9.17, 15) is 0 Å². The van der Waals surface area contributed by atoms with E-state index in [2.05, 4.69) is 46.8 Å². The fraction of sp³-hybridized carbons (Fsp3) is 0.833. The minimum absolute atomic E-state index is 0.401. The van der Waals surface area contributed by atoms with Crippen LogP contribution in [0.3, 0.4) is 0 Å². The van der Waals surface area contributed by atoms with Crippen LogP contribution in [-0.2, 0) is 0 Å². The summed E-state index contributed by atoms with van der Waals surface area (Å²) in [6.07, 6.45) is 8.46. The van der Waals surface area contributed by atoms with Crippen molar-refractivity contribution in [1.29, 1.82) is 0 Å². The molecule has 0 nitrogen and oxygen atoms in total. The van der Waals surface area contributed by atoms with Crippen molar-refractivity contribution in [3.8, 4) is 0 Å². The van der Waals surface area contributed by atoms with Crippen molar-refractivity contribution in [2.24, 2.45) is 11.3 Å². The van der Waals surface area contributed by atoms with Gasteiger partial charge in [0.05, 0.1) is 0 Å². The monoisotopic (exact) mass is 168 g/mol. The molecular weight excluding hydrogens is 144 g/mol. The summed E-state index contributed by atoms with van der Waals surface area (Å²) in [4.78, 5) is 0. The molecule has 0 heterocycles. The van der Waals surface area contributed by atoms with Gasteiger partial charge in [-0.3, -0.25) is 0 Å². The molecule has 0 rings (SSSR count). The maximum Gasteiger partial charge on any atom is -0.0175 e. The van der Waals surface area contributed by atoms with Gasteiger partial charge >= 0.3 is 0 Å². The summed E-state index contributed by atoms with van der Waals surface area (Å²) >= 11 is 0. The molecule has 0 heteroatoms. The summed E-state index contributed by atoms with van der Waals surface area (Å²) in [6, 6.07) is 0. The van der Waals surface area contributed by atoms with Crippen molar-refractivity contribution >= 4 is 0 Å². The van der Waals surface area contributed by atoms with Gasteiger partial charge in [-0.1, -0.05) is 46.3 Å². The van der Waals surface area contributed by atoms with Gasteiger partial charge in [-0.05, 0) is 31.1 Å². The Morgan fingerprint density at radius 3 is 2.33 bits per heavy atom. The molecule has 0 radical (unpaired) electrons. The third kappa shape index (κ3) is 5.40. The highest BCUT2D eigenvalue weighted by Gasteiger charge is 2.13. The lowest BCUT2D eigenvalue weighted by Crippen LogP contribution is -2.09. The molecule has 0 bridgehead atoms. The van der Waals surface area contributed by atoms with Gasteiger partial charge in [0.1, 0.15) is 0 Å². The Balaban J connectivity index is 3.75. The first-order chi connectivity index (χ1) is 5.52. The average molecular weight is 168 g/mol. The van der Waals surface area contributed by atoms with Crippen LogP contribution < -0.4 is 0 Å². The van der Waals surface area contributed by atoms with Crippen molar-refractivity contribution in [1.82, 2.24) is 0 Å². The molecule has 1 atom stereocenters. The van der Waals surface area contributed by atoms with Gasteiger partial charge in [-0.2, -0.15) is 0 Å². The van der Waals surface area contributed by atoms with Crippen molar-refractivity contribution < 1.29 is 0 Å². The number of allylic oxidation sites excluding steroid dienone is 2. The molecule has 0 saturated heterocycles. The molecule has 1 unspecified atom stereocenters. The molecule has 12 heavy (non-hydrogen) atoms. The summed E-state index contributed by atoms with van der Waals surface area (Å²) in [5.74, 6) is 0.884. The Bertz CT molecular complexity index is 131. The van der Waals surface area contributed by atoms with E-state index in [0.29, 0.717) is 5.41 Å². The molecule has 0 saturated carbocycles. The quantitative estimate of drug-likeness (QED) is 0.533. The van der Waals surface area contributed by atoms with Gasteiger partial charge in [0, 0.05) is 0 Å². The molecule has 0 aromatic rings. The largest absolute Gasteiger partial charge is 0.0911 e. The van der Waals surface area contributed by atoms with Crippen LogP contribution in [0.2, 0.25) is 0 Å². The van der Waals surface area contributed by atoms with Crippen molar-refractivity contribution in [2.45, 2.75) is 53.9 Å². The summed E-state index contributed by atoms with van der Waals surface area (Å²) in [5.41, 5.74) is 0.401. The fourth-order valence-electron chi connectivity index (χ4n) is 1.36. The Labute approximate surface area is 78.1 Å². The van der Waals surface area contributed by atoms with E-state index in [0.717, 1.165) is 5.92 Å². The maximum atomic E-state index is 2.34. The molecule has 0 aliphatic heterocycles. The minimum atomic E-state index is 0.401. The fourth-order valence-corrected chi connectivity index (χ4v) is 1.36. The highest BCUT2D eigenvalue weighted by Crippen LogP contribution is 2.26. The second-order valence-electron chi connectivity index (χ2n) is 4.54. The molecule has 0 amide bonds. The summed E-state index contributed by atoms with van der Waals surface area (Å²) in [5, 5.41) is 0. The lowest BCUT2D eigenvalue weighted by molar-refractivity contribution is 0.367. The Kier molecular flexibility index (Phi) is 5.28. The lowest BCUT2D eigenvalue weighted by atomic mass is 9.84. The first-order valence-electron chi connectivity index (χ1n) is 5.15. The van der Waals surface area contributed by atoms with E-state index >= 15 is 0 Å². The number of rotatable bonds is 5. The highest BCUT2D eigenvalue weighted by atomic mass is 14.2. The first-order valence-corrected chi connectivity index (χ1v) is 5.15. The van der Waals surface area contributed by atoms with Gasteiger partial charge < -0.3 is 0 Å². The second-order valence-corrected chi connectivity index (χ2v) is 4.54. The van der Waals surface area contributed by atoms with Crippen LogP contribution in [0.25, 0.3) is 0 Å². The molecule has 0 aromatic carbocycles. The molecule has 0 aromatic heterocycles. The smallest absolute Gasteiger partial charge is 0.0175 e. The number of hydrogen-bond acceptors (Lipinski definition) is 0. The van der Waals surface area contributed by atoms with E-state index in [1.165, 1.54) is 19.3 Å². The zero-order chi connectivity index (χ0) is 9.61. The third-order valence-corrected chi connectivity index (χ3v) is 2.60. The molecule has 72 valence electrons. The molecular formula is C12H24. The molecule has 0 fully saturated rings. The van der Waals surface area contributed by atoms with Crippen molar-refractivity contribution in [3.05, 3.63) is 12.2 Å². The highest BCUT2D eigenvalue weighted by molar-refractivity contribution is 4.92. The van der Waals surface area contributed by atoms with Gasteiger partial charge in [-0.15, -0.1) is 0 Å². The topological polar surface area (TPSA) is 0 Å². The van der Waals surface area contributed by atoms with E-state index in [-0.39, 0.29) is 0 Å². The van der Waals surface area contributed by atoms with Crippen molar-refractivity contribution in [3.63, 3.8) is 0 Å². The molecule has 0 N–H and O–H groups in total. The summed E-state index contributed by atoms with van der Waals surface area (Å²) < 4.78 is 0. The van der Waals surface area contributed by atoms with Crippen LogP contribution in [0.5, 0.6) is 0 Å². The predicted octanol–water partition coefficient (Wildman–Crippen LogP) is 4.42. The maximum absolute atomic E-state index is 2.34. The first kappa shape index (κ1) is 11.7. The van der Waals surface area contributed by atoms with E-state index in [4.69, 9.17) is 0 Å². The summed E-state index contributed by atoms with van der Waals surface area (Å²) in [6.45, 7) is 11.3. The summed E-state index contributed by atoms with van der Waals surface area (Å²) in [7, 11) is 0. The zero-order valence-electron chi connectivity index (χ0n) is 9.35. The van der Waals surface area contributed by atoms with E-state index in [1.54, 1.807) is 0 Å². The predicted molar refractivity (Wildman–Crippen MR) is 57.3 cm³/mol. The normalized spacial score (nSPS) is 15.4. The van der Waals surface area contributed by atoms with Crippen LogP contribution >= 0.6 is 0 Å². The molecule has 0 aliphatic carbocycles. The van der Waals surface area contributed by atoms with Crippen LogP contribution in [0.1, 0.15) is 53.9 Å². The second kappa shape index (κ2) is 5.40. The molecule has 0 spiro atoms. The van der Waals surface area contributed by atoms with Gasteiger partial charge in [0.25, 0.3) is 0 Å². The standard InChI is InChI=1S/C12H24/c1-6-9-12(4,5)10-8-11(3)7-2/h6,9,11H,7-8,10H2,1-5H3. The van der Waals surface area contributed by atoms with Gasteiger partial charge in [0.2, 0.25) is 0 Å². The van der Waals surface area contributed by atoms with Crippen LogP contribution in [0.15, 0.2) is 12.2 Å². The third-order valence-electron chi connectivity index (χ3n) is 2.60. The van der Waals surface area contributed by atoms with Crippen LogP contribution in [-0.4, -0.2) is 0 Å². The average Bonchev–Trinajstić information content (AvgIpc) is 2.00. The Hall–Kier alpha value is -0.260. The van der Waals surface area contributed by atoms with Crippen LogP contribution in [0.4, 0.5) is 0 Å². The SMILES string of the molecule is CC=CC(C)(C)CCC(C)CC. The zero-order valence-corrected chi connectivity index (χ0v) is 9.35. The lowest BCUT2D eigenvalue weighted by Gasteiger charge is -2.21. The number of hydrogen-bond donors (Lipinski definition) is 0. The minimum Gasteiger partial charge on any atom is -0.0911 e. The Morgan fingerprint density at radius 1 is 1.33 bits per heavy atom. The van der Waals surface area contributed by atoms with Gasteiger partial charge in [-0.25, -0.2) is 0 Å². The van der Waals surface area contributed by atoms with Crippen LogP contribution in [0, 0.1) is 11.3 Å². The van der Waals surface area contributed by atoms with Gasteiger partial charge in [0.15, 0.2) is 0 Å².